The van der Waals surface area contributed by atoms with Crippen molar-refractivity contribution in [2.45, 2.75) is 44.2 Å². The van der Waals surface area contributed by atoms with Crippen LogP contribution in [-0.4, -0.2) is 31.1 Å². The zero-order valence-electron chi connectivity index (χ0n) is 12.0. The lowest BCUT2D eigenvalue weighted by atomic mass is 10.1. The molecule has 114 valence electrons. The minimum atomic E-state index is -0.215. The maximum Gasteiger partial charge on any atom is 0.220 e. The lowest BCUT2D eigenvalue weighted by molar-refractivity contribution is -0.121. The van der Waals surface area contributed by atoms with Gasteiger partial charge in [-0.05, 0) is 44.0 Å². The van der Waals surface area contributed by atoms with Crippen molar-refractivity contribution in [2.24, 2.45) is 0 Å². The third-order valence-corrected chi connectivity index (χ3v) is 3.84. The normalized spacial score (nSPS) is 20.0. The van der Waals surface area contributed by atoms with Crippen molar-refractivity contribution >= 4 is 5.91 Å². The van der Waals surface area contributed by atoms with E-state index < -0.39 is 0 Å². The van der Waals surface area contributed by atoms with E-state index in [0.717, 1.165) is 50.1 Å². The zero-order valence-corrected chi connectivity index (χ0v) is 12.0. The predicted molar refractivity (Wildman–Crippen MR) is 77.8 cm³/mol. The van der Waals surface area contributed by atoms with E-state index in [1.807, 2.05) is 0 Å². The number of halogens is 1. The van der Waals surface area contributed by atoms with Gasteiger partial charge in [0.1, 0.15) is 17.7 Å². The van der Waals surface area contributed by atoms with E-state index in [2.05, 4.69) is 10.6 Å². The van der Waals surface area contributed by atoms with Crippen molar-refractivity contribution < 1.29 is 13.9 Å². The SMILES string of the molecule is O=C(CCCNCC1Cc2cc(F)ccc2O1)NC1CC1. The molecule has 1 saturated carbocycles. The van der Waals surface area contributed by atoms with Gasteiger partial charge in [-0.1, -0.05) is 0 Å². The molecule has 1 aliphatic carbocycles. The average molecular weight is 292 g/mol. The maximum absolute atomic E-state index is 13.1. The number of rotatable bonds is 7. The molecule has 1 amide bonds. The Bertz CT molecular complexity index is 517. The molecule has 3 rings (SSSR count). The fourth-order valence-corrected chi connectivity index (χ4v) is 2.57. The third kappa shape index (κ3) is 4.17. The van der Waals surface area contributed by atoms with Crippen LogP contribution in [0.4, 0.5) is 4.39 Å². The van der Waals surface area contributed by atoms with E-state index in [1.54, 1.807) is 6.07 Å². The molecule has 2 aliphatic rings. The Kier molecular flexibility index (Phi) is 4.39. The van der Waals surface area contributed by atoms with Crippen LogP contribution >= 0.6 is 0 Å². The van der Waals surface area contributed by atoms with E-state index in [4.69, 9.17) is 4.74 Å². The molecule has 1 aromatic carbocycles. The number of hydrogen-bond donors (Lipinski definition) is 2. The first kappa shape index (κ1) is 14.3. The van der Waals surface area contributed by atoms with Crippen molar-refractivity contribution in [1.29, 1.82) is 0 Å². The van der Waals surface area contributed by atoms with Crippen molar-refractivity contribution in [1.82, 2.24) is 10.6 Å². The summed E-state index contributed by atoms with van der Waals surface area (Å²) >= 11 is 0. The molecular weight excluding hydrogens is 271 g/mol. The molecule has 1 fully saturated rings. The van der Waals surface area contributed by atoms with E-state index >= 15 is 0 Å². The molecule has 0 radical (unpaired) electrons. The second-order valence-electron chi connectivity index (χ2n) is 5.85. The van der Waals surface area contributed by atoms with Gasteiger partial charge in [0.2, 0.25) is 5.91 Å². The number of hydrogen-bond acceptors (Lipinski definition) is 3. The second-order valence-corrected chi connectivity index (χ2v) is 5.85. The van der Waals surface area contributed by atoms with Crippen molar-refractivity contribution in [2.75, 3.05) is 13.1 Å². The fraction of sp³-hybridized carbons (Fsp3) is 0.562. The fourth-order valence-electron chi connectivity index (χ4n) is 2.57. The largest absolute Gasteiger partial charge is 0.488 e. The standard InChI is InChI=1S/C16H21FN2O2/c17-12-3-6-15-11(8-12)9-14(21-15)10-18-7-1-2-16(20)19-13-4-5-13/h3,6,8,13-14,18H,1-2,4-5,7,9-10H2,(H,19,20). The summed E-state index contributed by atoms with van der Waals surface area (Å²) in [5.41, 5.74) is 0.936. The first-order valence-electron chi connectivity index (χ1n) is 7.66. The van der Waals surface area contributed by atoms with Gasteiger partial charge < -0.3 is 15.4 Å². The van der Waals surface area contributed by atoms with E-state index in [1.165, 1.54) is 12.1 Å². The molecule has 2 N–H and O–H groups in total. The van der Waals surface area contributed by atoms with Gasteiger partial charge in [-0.3, -0.25) is 4.79 Å². The molecular formula is C16H21FN2O2. The molecule has 1 heterocycles. The lowest BCUT2D eigenvalue weighted by Crippen LogP contribution is -2.31. The summed E-state index contributed by atoms with van der Waals surface area (Å²) in [6, 6.07) is 5.09. The number of carbonyl (C=O) groups excluding carboxylic acids is 1. The first-order chi connectivity index (χ1) is 10.2. The Hall–Kier alpha value is -1.62. The van der Waals surface area contributed by atoms with E-state index in [9.17, 15) is 9.18 Å². The number of amides is 1. The molecule has 1 unspecified atom stereocenters. The highest BCUT2D eigenvalue weighted by Crippen LogP contribution is 2.28. The smallest absolute Gasteiger partial charge is 0.220 e. The molecule has 5 heteroatoms. The van der Waals surface area contributed by atoms with Gasteiger partial charge in [-0.15, -0.1) is 0 Å². The Morgan fingerprint density at radius 3 is 3.05 bits per heavy atom. The summed E-state index contributed by atoms with van der Waals surface area (Å²) in [5, 5.41) is 6.28. The van der Waals surface area contributed by atoms with Crippen molar-refractivity contribution in [3.8, 4) is 5.75 Å². The van der Waals surface area contributed by atoms with E-state index in [0.29, 0.717) is 12.5 Å². The molecule has 21 heavy (non-hydrogen) atoms. The minimum absolute atomic E-state index is 0.0575. The molecule has 0 bridgehead atoms. The van der Waals surface area contributed by atoms with Crippen molar-refractivity contribution in [3.63, 3.8) is 0 Å². The van der Waals surface area contributed by atoms with Crippen molar-refractivity contribution in [3.05, 3.63) is 29.6 Å². The summed E-state index contributed by atoms with van der Waals surface area (Å²) in [6.07, 6.45) is 4.45. The van der Waals surface area contributed by atoms with Gasteiger partial charge in [0.05, 0.1) is 0 Å². The van der Waals surface area contributed by atoms with Gasteiger partial charge in [-0.25, -0.2) is 4.39 Å². The molecule has 1 aliphatic heterocycles. The predicted octanol–water partition coefficient (Wildman–Crippen LogP) is 1.78. The summed E-state index contributed by atoms with van der Waals surface area (Å²) < 4.78 is 18.8. The van der Waals surface area contributed by atoms with Gasteiger partial charge >= 0.3 is 0 Å². The number of benzene rings is 1. The topological polar surface area (TPSA) is 50.4 Å². The Morgan fingerprint density at radius 1 is 1.38 bits per heavy atom. The highest BCUT2D eigenvalue weighted by Gasteiger charge is 2.23. The number of carbonyl (C=O) groups is 1. The molecule has 1 aromatic rings. The van der Waals surface area contributed by atoms with Crippen LogP contribution in [0.1, 0.15) is 31.2 Å². The highest BCUT2D eigenvalue weighted by atomic mass is 19.1. The Labute approximate surface area is 124 Å². The van der Waals surface area contributed by atoms with Gasteiger partial charge in [0.25, 0.3) is 0 Å². The summed E-state index contributed by atoms with van der Waals surface area (Å²) in [7, 11) is 0. The number of fused-ring (bicyclic) bond motifs is 1. The quantitative estimate of drug-likeness (QED) is 0.753. The first-order valence-corrected chi connectivity index (χ1v) is 7.66. The highest BCUT2D eigenvalue weighted by molar-refractivity contribution is 5.76. The molecule has 0 spiro atoms. The average Bonchev–Trinajstić information content (AvgIpc) is 3.16. The lowest BCUT2D eigenvalue weighted by Gasteiger charge is -2.11. The number of nitrogens with one attached hydrogen (secondary N) is 2. The van der Waals surface area contributed by atoms with Gasteiger partial charge in [-0.2, -0.15) is 0 Å². The molecule has 4 nitrogen and oxygen atoms in total. The van der Waals surface area contributed by atoms with Gasteiger partial charge in [0, 0.05) is 31.0 Å². The van der Waals surface area contributed by atoms with Crippen LogP contribution in [0.25, 0.3) is 0 Å². The van der Waals surface area contributed by atoms with Crippen LogP contribution in [0.3, 0.4) is 0 Å². The molecule has 0 saturated heterocycles. The molecule has 1 atom stereocenters. The number of ether oxygens (including phenoxy) is 1. The second kappa shape index (κ2) is 6.43. The maximum atomic E-state index is 13.1. The van der Waals surface area contributed by atoms with Crippen LogP contribution in [0.5, 0.6) is 5.75 Å². The Balaban J connectivity index is 1.29. The summed E-state index contributed by atoms with van der Waals surface area (Å²) in [4.78, 5) is 11.5. The van der Waals surface area contributed by atoms with Crippen LogP contribution in [0, 0.1) is 5.82 Å². The van der Waals surface area contributed by atoms with Crippen LogP contribution < -0.4 is 15.4 Å². The van der Waals surface area contributed by atoms with E-state index in [-0.39, 0.29) is 17.8 Å². The molecule has 0 aromatic heterocycles. The Morgan fingerprint density at radius 2 is 2.24 bits per heavy atom. The van der Waals surface area contributed by atoms with Crippen LogP contribution in [-0.2, 0) is 11.2 Å². The van der Waals surface area contributed by atoms with Gasteiger partial charge in [0.15, 0.2) is 0 Å². The third-order valence-electron chi connectivity index (χ3n) is 3.84. The minimum Gasteiger partial charge on any atom is -0.488 e. The zero-order chi connectivity index (χ0) is 14.7. The monoisotopic (exact) mass is 292 g/mol. The van der Waals surface area contributed by atoms with Crippen LogP contribution in [0.2, 0.25) is 0 Å². The summed E-state index contributed by atoms with van der Waals surface area (Å²) in [6.45, 7) is 1.52. The summed E-state index contributed by atoms with van der Waals surface area (Å²) in [5.74, 6) is 0.721. The van der Waals surface area contributed by atoms with Crippen LogP contribution in [0.15, 0.2) is 18.2 Å².